The first-order chi connectivity index (χ1) is 16.6. The molecule has 0 fully saturated rings. The second kappa shape index (κ2) is 9.39. The number of hydrogen-bond donors (Lipinski definition) is 0. The lowest BCUT2D eigenvalue weighted by Gasteiger charge is -2.41. The maximum absolute atomic E-state index is 5.72. The molecule has 2 aliphatic rings. The van der Waals surface area contributed by atoms with E-state index in [9.17, 15) is 0 Å². The molecule has 3 aromatic rings. The van der Waals surface area contributed by atoms with E-state index in [2.05, 4.69) is 11.0 Å². The second-order valence-corrected chi connectivity index (χ2v) is 9.89. The number of nitrogens with zero attached hydrogens (tertiary/aromatic N) is 1. The Labute approximate surface area is 205 Å². The molecular weight excluding hydrogens is 450 g/mol. The van der Waals surface area contributed by atoms with Crippen LogP contribution in [0.5, 0.6) is 28.7 Å². The Morgan fingerprint density at radius 2 is 1.47 bits per heavy atom. The van der Waals surface area contributed by atoms with Crippen molar-refractivity contribution in [2.24, 2.45) is 0 Å². The van der Waals surface area contributed by atoms with E-state index < -0.39 is 0 Å². The quantitative estimate of drug-likeness (QED) is 0.471. The number of thiophene rings is 1. The van der Waals surface area contributed by atoms with Gasteiger partial charge in [0, 0.05) is 46.4 Å². The molecule has 1 atom stereocenters. The van der Waals surface area contributed by atoms with E-state index in [1.807, 2.05) is 35.6 Å². The van der Waals surface area contributed by atoms with Gasteiger partial charge in [0.05, 0.1) is 35.5 Å². The van der Waals surface area contributed by atoms with E-state index in [-0.39, 0.29) is 0 Å². The van der Waals surface area contributed by atoms with Crippen molar-refractivity contribution in [1.29, 1.82) is 0 Å². The fourth-order valence-corrected chi connectivity index (χ4v) is 6.60. The van der Waals surface area contributed by atoms with Gasteiger partial charge < -0.3 is 23.7 Å². The molecule has 5 rings (SSSR count). The summed E-state index contributed by atoms with van der Waals surface area (Å²) in [7, 11) is 8.44. The van der Waals surface area contributed by atoms with Crippen LogP contribution in [-0.2, 0) is 25.8 Å². The largest absolute Gasteiger partial charge is 0.496 e. The first kappa shape index (κ1) is 22.9. The summed E-state index contributed by atoms with van der Waals surface area (Å²) in [5.41, 5.74) is 5.13. The van der Waals surface area contributed by atoms with Crippen molar-refractivity contribution in [3.05, 3.63) is 62.3 Å². The lowest BCUT2D eigenvalue weighted by Crippen LogP contribution is -2.39. The monoisotopic (exact) mass is 481 g/mol. The number of hydrogen-bond acceptors (Lipinski definition) is 7. The molecule has 0 amide bonds. The minimum Gasteiger partial charge on any atom is -0.496 e. The Balaban J connectivity index is 1.46. The molecule has 0 aliphatic carbocycles. The highest BCUT2D eigenvalue weighted by Gasteiger charge is 2.36. The molecule has 7 heteroatoms. The Bertz CT molecular complexity index is 1180. The Morgan fingerprint density at radius 3 is 2.09 bits per heavy atom. The van der Waals surface area contributed by atoms with Gasteiger partial charge in [0.15, 0.2) is 11.5 Å². The van der Waals surface area contributed by atoms with Crippen LogP contribution in [0.25, 0.3) is 0 Å². The van der Waals surface area contributed by atoms with Gasteiger partial charge in [-0.25, -0.2) is 0 Å². The highest BCUT2D eigenvalue weighted by molar-refractivity contribution is 7.12. The molecule has 0 N–H and O–H groups in total. The average Bonchev–Trinajstić information content (AvgIpc) is 3.29. The number of fused-ring (bicyclic) bond motifs is 4. The van der Waals surface area contributed by atoms with Gasteiger partial charge in [-0.3, -0.25) is 4.90 Å². The topological polar surface area (TPSA) is 49.4 Å². The van der Waals surface area contributed by atoms with Crippen molar-refractivity contribution >= 4 is 11.3 Å². The summed E-state index contributed by atoms with van der Waals surface area (Å²) in [5, 5.41) is 0. The van der Waals surface area contributed by atoms with Gasteiger partial charge in [0.25, 0.3) is 0 Å². The van der Waals surface area contributed by atoms with Gasteiger partial charge in [-0.1, -0.05) is 0 Å². The van der Waals surface area contributed by atoms with Crippen LogP contribution in [0.4, 0.5) is 0 Å². The van der Waals surface area contributed by atoms with E-state index in [1.54, 1.807) is 35.5 Å². The van der Waals surface area contributed by atoms with Crippen LogP contribution in [0, 0.1) is 0 Å². The standard InChI is InChI=1S/C27H31NO5S/c1-29-22-6-7-23(30-2)20-15-28-9-8-26-19(21(28)14-18(20)22)13-17(34-26)10-16-11-24(31-3)27(33-5)25(12-16)32-4/h6-7,11-13,21H,8-10,14-15H2,1-5H3. The van der Waals surface area contributed by atoms with Gasteiger partial charge in [-0.15, -0.1) is 11.3 Å². The van der Waals surface area contributed by atoms with Crippen molar-refractivity contribution in [1.82, 2.24) is 4.90 Å². The average molecular weight is 482 g/mol. The first-order valence-electron chi connectivity index (χ1n) is 11.5. The number of methoxy groups -OCH3 is 5. The molecule has 1 aromatic heterocycles. The first-order valence-corrected chi connectivity index (χ1v) is 12.3. The molecule has 0 spiro atoms. The van der Waals surface area contributed by atoms with Crippen molar-refractivity contribution in [2.75, 3.05) is 42.1 Å². The highest BCUT2D eigenvalue weighted by atomic mass is 32.1. The van der Waals surface area contributed by atoms with Crippen LogP contribution in [0.2, 0.25) is 0 Å². The summed E-state index contributed by atoms with van der Waals surface area (Å²) in [4.78, 5) is 5.43. The van der Waals surface area contributed by atoms with Crippen LogP contribution in [0.3, 0.4) is 0 Å². The van der Waals surface area contributed by atoms with Crippen molar-refractivity contribution in [2.45, 2.75) is 31.8 Å². The molecule has 0 bridgehead atoms. The summed E-state index contributed by atoms with van der Waals surface area (Å²) >= 11 is 1.93. The third-order valence-electron chi connectivity index (χ3n) is 6.97. The fourth-order valence-electron chi connectivity index (χ4n) is 5.36. The van der Waals surface area contributed by atoms with E-state index >= 15 is 0 Å². The zero-order chi connectivity index (χ0) is 23.8. The number of ether oxygens (including phenoxy) is 5. The van der Waals surface area contributed by atoms with E-state index in [0.29, 0.717) is 23.3 Å². The van der Waals surface area contributed by atoms with Gasteiger partial charge in [0.1, 0.15) is 11.5 Å². The lowest BCUT2D eigenvalue weighted by atomic mass is 9.86. The Kier molecular flexibility index (Phi) is 6.32. The molecule has 0 saturated heterocycles. The van der Waals surface area contributed by atoms with Crippen LogP contribution in [-0.4, -0.2) is 47.0 Å². The third-order valence-corrected chi connectivity index (χ3v) is 8.18. The molecule has 34 heavy (non-hydrogen) atoms. The highest BCUT2D eigenvalue weighted by Crippen LogP contribution is 2.46. The van der Waals surface area contributed by atoms with Crippen molar-refractivity contribution < 1.29 is 23.7 Å². The summed E-state index contributed by atoms with van der Waals surface area (Å²) in [5.74, 6) is 3.91. The summed E-state index contributed by atoms with van der Waals surface area (Å²) in [6.07, 6.45) is 2.84. The smallest absolute Gasteiger partial charge is 0.203 e. The Hall–Kier alpha value is -2.90. The van der Waals surface area contributed by atoms with Crippen LogP contribution < -0.4 is 23.7 Å². The van der Waals surface area contributed by atoms with Gasteiger partial charge in [0.2, 0.25) is 5.75 Å². The van der Waals surface area contributed by atoms with E-state index in [0.717, 1.165) is 49.4 Å². The van der Waals surface area contributed by atoms with E-state index in [4.69, 9.17) is 23.7 Å². The predicted molar refractivity (Wildman–Crippen MR) is 133 cm³/mol. The fraction of sp³-hybridized carbons (Fsp3) is 0.407. The number of benzene rings is 2. The van der Waals surface area contributed by atoms with Crippen molar-refractivity contribution in [3.8, 4) is 28.7 Å². The molecule has 2 aliphatic heterocycles. The Morgan fingerprint density at radius 1 is 0.824 bits per heavy atom. The molecule has 0 radical (unpaired) electrons. The maximum atomic E-state index is 5.72. The lowest BCUT2D eigenvalue weighted by molar-refractivity contribution is 0.158. The summed E-state index contributed by atoms with van der Waals surface area (Å²) in [6, 6.07) is 10.9. The normalized spacial score (nSPS) is 16.8. The minimum absolute atomic E-state index is 0.363. The zero-order valence-electron chi connectivity index (χ0n) is 20.4. The second-order valence-electron chi connectivity index (χ2n) is 8.67. The summed E-state index contributed by atoms with van der Waals surface area (Å²) < 4.78 is 28.0. The molecule has 2 aromatic carbocycles. The summed E-state index contributed by atoms with van der Waals surface area (Å²) in [6.45, 7) is 1.94. The van der Waals surface area contributed by atoms with Gasteiger partial charge in [-0.05, 0) is 54.3 Å². The van der Waals surface area contributed by atoms with Crippen LogP contribution >= 0.6 is 11.3 Å². The molecule has 1 unspecified atom stereocenters. The van der Waals surface area contributed by atoms with Gasteiger partial charge >= 0.3 is 0 Å². The minimum atomic E-state index is 0.363. The molecule has 0 saturated carbocycles. The molecular formula is C27H31NO5S. The molecule has 180 valence electrons. The molecule has 3 heterocycles. The van der Waals surface area contributed by atoms with Crippen LogP contribution in [0.15, 0.2) is 30.3 Å². The molecule has 6 nitrogen and oxygen atoms in total. The zero-order valence-corrected chi connectivity index (χ0v) is 21.2. The van der Waals surface area contributed by atoms with Crippen LogP contribution in [0.1, 0.15) is 38.0 Å². The SMILES string of the molecule is COc1ccc(OC)c2c1CC1c3cc(Cc4cc(OC)c(OC)c(OC)c4)sc3CCN1C2. The third kappa shape index (κ3) is 3.87. The predicted octanol–water partition coefficient (Wildman–Crippen LogP) is 5.04. The maximum Gasteiger partial charge on any atom is 0.203 e. The number of rotatable bonds is 7. The van der Waals surface area contributed by atoms with Crippen molar-refractivity contribution in [3.63, 3.8) is 0 Å². The van der Waals surface area contributed by atoms with Gasteiger partial charge in [-0.2, -0.15) is 0 Å². The van der Waals surface area contributed by atoms with E-state index in [1.165, 1.54) is 26.4 Å².